The second-order valence-corrected chi connectivity index (χ2v) is 3.11. The van der Waals surface area contributed by atoms with Gasteiger partial charge in [0.2, 0.25) is 0 Å². The van der Waals surface area contributed by atoms with Gasteiger partial charge >= 0.3 is 0 Å². The minimum Gasteiger partial charge on any atom is -0.381 e. The van der Waals surface area contributed by atoms with Crippen molar-refractivity contribution >= 4 is 12.4 Å². The summed E-state index contributed by atoms with van der Waals surface area (Å²) < 4.78 is 5.24. The van der Waals surface area contributed by atoms with Crippen molar-refractivity contribution < 1.29 is 4.74 Å². The maximum absolute atomic E-state index is 5.55. The van der Waals surface area contributed by atoms with Crippen molar-refractivity contribution in [3.8, 4) is 0 Å². The van der Waals surface area contributed by atoms with Crippen LogP contribution in [0.4, 0.5) is 0 Å². The van der Waals surface area contributed by atoms with Gasteiger partial charge in [0.1, 0.15) is 0 Å². The molecule has 0 radical (unpaired) electrons. The first-order chi connectivity index (χ1) is 4.86. The molecule has 1 aliphatic rings. The molecular formula is C8H18ClNO. The molecule has 0 atom stereocenters. The third kappa shape index (κ3) is 3.41. The molecule has 0 aromatic rings. The molecule has 0 aromatic carbocycles. The third-order valence-corrected chi connectivity index (χ3v) is 2.46. The summed E-state index contributed by atoms with van der Waals surface area (Å²) in [5.74, 6) is 0.770. The number of halogens is 1. The molecular weight excluding hydrogens is 162 g/mol. The van der Waals surface area contributed by atoms with Crippen LogP contribution in [0, 0.1) is 5.92 Å². The van der Waals surface area contributed by atoms with Crippen molar-refractivity contribution in [1.29, 1.82) is 0 Å². The molecule has 68 valence electrons. The van der Waals surface area contributed by atoms with E-state index in [1.165, 1.54) is 25.7 Å². The number of rotatable bonds is 2. The van der Waals surface area contributed by atoms with E-state index >= 15 is 0 Å². The van der Waals surface area contributed by atoms with Gasteiger partial charge in [0.25, 0.3) is 0 Å². The maximum Gasteiger partial charge on any atom is 0.0571 e. The molecule has 1 fully saturated rings. The van der Waals surface area contributed by atoms with Crippen LogP contribution in [0.5, 0.6) is 0 Å². The Kier molecular flexibility index (Phi) is 5.92. The van der Waals surface area contributed by atoms with E-state index < -0.39 is 0 Å². The Hall–Kier alpha value is 0.210. The predicted molar refractivity (Wildman–Crippen MR) is 49.1 cm³/mol. The topological polar surface area (TPSA) is 35.2 Å². The number of nitrogens with two attached hydrogens (primary N) is 1. The van der Waals surface area contributed by atoms with Crippen LogP contribution in [0.25, 0.3) is 0 Å². The molecule has 0 spiro atoms. The Morgan fingerprint density at radius 3 is 2.18 bits per heavy atom. The van der Waals surface area contributed by atoms with Gasteiger partial charge in [0.05, 0.1) is 6.10 Å². The van der Waals surface area contributed by atoms with Gasteiger partial charge in [-0.3, -0.25) is 0 Å². The van der Waals surface area contributed by atoms with E-state index in [0.29, 0.717) is 6.10 Å². The molecule has 0 amide bonds. The molecule has 2 nitrogen and oxygen atoms in total. The largest absolute Gasteiger partial charge is 0.381 e. The first-order valence-electron chi connectivity index (χ1n) is 4.09. The monoisotopic (exact) mass is 179 g/mol. The molecule has 0 bridgehead atoms. The fourth-order valence-electron chi connectivity index (χ4n) is 1.60. The number of ether oxygens (including phenoxy) is 1. The molecule has 2 N–H and O–H groups in total. The average Bonchev–Trinajstić information content (AvgIpc) is 2.05. The summed E-state index contributed by atoms with van der Waals surface area (Å²) in [6.07, 6.45) is 5.45. The predicted octanol–water partition coefficient (Wildman–Crippen LogP) is 1.57. The molecule has 3 heteroatoms. The minimum absolute atomic E-state index is 0. The van der Waals surface area contributed by atoms with Crippen molar-refractivity contribution in [3.05, 3.63) is 0 Å². The van der Waals surface area contributed by atoms with Gasteiger partial charge in [-0.2, -0.15) is 0 Å². The Balaban J connectivity index is 0.000001000. The van der Waals surface area contributed by atoms with Gasteiger partial charge in [-0.15, -0.1) is 12.4 Å². The van der Waals surface area contributed by atoms with Crippen LogP contribution in [0.1, 0.15) is 25.7 Å². The number of hydrogen-bond acceptors (Lipinski definition) is 2. The summed E-state index contributed by atoms with van der Waals surface area (Å²) in [6.45, 7) is 0.858. The quantitative estimate of drug-likeness (QED) is 0.699. The Bertz CT molecular complexity index is 80.1. The Labute approximate surface area is 74.9 Å². The van der Waals surface area contributed by atoms with Crippen LogP contribution in [0.3, 0.4) is 0 Å². The number of methoxy groups -OCH3 is 1. The first-order valence-corrected chi connectivity index (χ1v) is 4.09. The van der Waals surface area contributed by atoms with E-state index in [9.17, 15) is 0 Å². The lowest BCUT2D eigenvalue weighted by Crippen LogP contribution is -2.24. The van der Waals surface area contributed by atoms with Gasteiger partial charge in [0.15, 0.2) is 0 Å². The van der Waals surface area contributed by atoms with Crippen molar-refractivity contribution in [2.75, 3.05) is 13.7 Å². The van der Waals surface area contributed by atoms with Crippen LogP contribution in [0.15, 0.2) is 0 Å². The second kappa shape index (κ2) is 5.81. The van der Waals surface area contributed by atoms with Crippen molar-refractivity contribution in [3.63, 3.8) is 0 Å². The molecule has 1 aliphatic carbocycles. The zero-order chi connectivity index (χ0) is 7.40. The summed E-state index contributed by atoms with van der Waals surface area (Å²) in [4.78, 5) is 0. The summed E-state index contributed by atoms with van der Waals surface area (Å²) in [5.41, 5.74) is 5.55. The van der Waals surface area contributed by atoms with Crippen molar-refractivity contribution in [1.82, 2.24) is 0 Å². The second-order valence-electron chi connectivity index (χ2n) is 3.11. The summed E-state index contributed by atoms with van der Waals surface area (Å²) in [5, 5.41) is 0. The highest BCUT2D eigenvalue weighted by atomic mass is 35.5. The minimum atomic E-state index is 0. The summed E-state index contributed by atoms with van der Waals surface area (Å²) in [6, 6.07) is 0. The molecule has 1 saturated carbocycles. The molecule has 0 saturated heterocycles. The standard InChI is InChI=1S/C8H17NO.ClH/c1-10-8-4-2-7(6-9)3-5-8;/h7-8H,2-6,9H2,1H3;1H. The first kappa shape index (κ1) is 11.2. The maximum atomic E-state index is 5.55. The highest BCUT2D eigenvalue weighted by molar-refractivity contribution is 5.85. The lowest BCUT2D eigenvalue weighted by Gasteiger charge is -2.26. The molecule has 0 aromatic heterocycles. The van der Waals surface area contributed by atoms with E-state index in [-0.39, 0.29) is 12.4 Å². The highest BCUT2D eigenvalue weighted by Crippen LogP contribution is 2.24. The van der Waals surface area contributed by atoms with Crippen molar-refractivity contribution in [2.45, 2.75) is 31.8 Å². The smallest absolute Gasteiger partial charge is 0.0571 e. The van der Waals surface area contributed by atoms with Gasteiger partial charge in [0, 0.05) is 7.11 Å². The molecule has 0 unspecified atom stereocenters. The Morgan fingerprint density at radius 2 is 1.82 bits per heavy atom. The third-order valence-electron chi connectivity index (χ3n) is 2.46. The number of hydrogen-bond donors (Lipinski definition) is 1. The van der Waals surface area contributed by atoms with Crippen LogP contribution in [0.2, 0.25) is 0 Å². The van der Waals surface area contributed by atoms with E-state index in [2.05, 4.69) is 0 Å². The van der Waals surface area contributed by atoms with Crippen molar-refractivity contribution in [2.24, 2.45) is 11.7 Å². The van der Waals surface area contributed by atoms with Crippen LogP contribution in [-0.4, -0.2) is 19.8 Å². The highest BCUT2D eigenvalue weighted by Gasteiger charge is 2.18. The van der Waals surface area contributed by atoms with E-state index in [1.54, 1.807) is 7.11 Å². The van der Waals surface area contributed by atoms with Crippen LogP contribution >= 0.6 is 12.4 Å². The van der Waals surface area contributed by atoms with Gasteiger partial charge in [-0.05, 0) is 38.1 Å². The lowest BCUT2D eigenvalue weighted by molar-refractivity contribution is 0.0580. The van der Waals surface area contributed by atoms with Crippen LogP contribution in [-0.2, 0) is 4.74 Å². The summed E-state index contributed by atoms with van der Waals surface area (Å²) in [7, 11) is 1.80. The van der Waals surface area contributed by atoms with E-state index in [0.717, 1.165) is 12.5 Å². The van der Waals surface area contributed by atoms with Gasteiger partial charge in [-0.25, -0.2) is 0 Å². The summed E-state index contributed by atoms with van der Waals surface area (Å²) >= 11 is 0. The normalized spacial score (nSPS) is 31.1. The fourth-order valence-corrected chi connectivity index (χ4v) is 1.60. The zero-order valence-electron chi connectivity index (χ0n) is 7.08. The lowest BCUT2D eigenvalue weighted by atomic mass is 9.87. The van der Waals surface area contributed by atoms with Gasteiger partial charge in [-0.1, -0.05) is 0 Å². The van der Waals surface area contributed by atoms with E-state index in [4.69, 9.17) is 10.5 Å². The molecule has 0 aliphatic heterocycles. The SMILES string of the molecule is COC1CCC(CN)CC1.Cl. The van der Waals surface area contributed by atoms with Crippen LogP contribution < -0.4 is 5.73 Å². The molecule has 0 heterocycles. The van der Waals surface area contributed by atoms with Gasteiger partial charge < -0.3 is 10.5 Å². The zero-order valence-corrected chi connectivity index (χ0v) is 7.90. The van der Waals surface area contributed by atoms with E-state index in [1.807, 2.05) is 0 Å². The molecule has 11 heavy (non-hydrogen) atoms. The average molecular weight is 180 g/mol. The Morgan fingerprint density at radius 1 is 1.27 bits per heavy atom. The molecule has 1 rings (SSSR count). The fraction of sp³-hybridized carbons (Fsp3) is 1.00.